The van der Waals surface area contributed by atoms with Gasteiger partial charge in [0.1, 0.15) is 6.10 Å². The third-order valence-electron chi connectivity index (χ3n) is 2.86. The SMILES string of the molecule is COC(=O)OC1CC2CCC(C1)N2. The third-order valence-corrected chi connectivity index (χ3v) is 2.86. The summed E-state index contributed by atoms with van der Waals surface area (Å²) in [6, 6.07) is 1.10. The zero-order valence-corrected chi connectivity index (χ0v) is 7.79. The lowest BCUT2D eigenvalue weighted by Gasteiger charge is -2.28. The van der Waals surface area contributed by atoms with Crippen LogP contribution < -0.4 is 5.32 Å². The molecule has 2 fully saturated rings. The molecule has 74 valence electrons. The van der Waals surface area contributed by atoms with Crippen molar-refractivity contribution in [1.82, 2.24) is 5.32 Å². The lowest BCUT2D eigenvalue weighted by Crippen LogP contribution is -2.42. The standard InChI is InChI=1S/C9H15NO3/c1-12-9(11)13-8-4-6-2-3-7(5-8)10-6/h6-8,10H,2-5H2,1H3. The van der Waals surface area contributed by atoms with Gasteiger partial charge < -0.3 is 14.8 Å². The summed E-state index contributed by atoms with van der Waals surface area (Å²) in [6.45, 7) is 0. The molecule has 2 heterocycles. The van der Waals surface area contributed by atoms with E-state index in [0.717, 1.165) is 12.8 Å². The van der Waals surface area contributed by atoms with Gasteiger partial charge in [-0.15, -0.1) is 0 Å². The Morgan fingerprint density at radius 2 is 1.92 bits per heavy atom. The number of rotatable bonds is 1. The minimum absolute atomic E-state index is 0.0613. The van der Waals surface area contributed by atoms with E-state index in [0.29, 0.717) is 12.1 Å². The van der Waals surface area contributed by atoms with Gasteiger partial charge in [-0.05, 0) is 25.7 Å². The Kier molecular flexibility index (Phi) is 2.40. The minimum atomic E-state index is -0.550. The van der Waals surface area contributed by atoms with Gasteiger partial charge in [-0.3, -0.25) is 0 Å². The van der Waals surface area contributed by atoms with Crippen LogP contribution in [0, 0.1) is 0 Å². The number of carbonyl (C=O) groups excluding carboxylic acids is 1. The Hall–Kier alpha value is -0.770. The molecule has 2 atom stereocenters. The first-order valence-corrected chi connectivity index (χ1v) is 4.78. The Morgan fingerprint density at radius 1 is 1.31 bits per heavy atom. The second kappa shape index (κ2) is 3.54. The van der Waals surface area contributed by atoms with Crippen LogP contribution in [0.1, 0.15) is 25.7 Å². The molecule has 0 aliphatic carbocycles. The van der Waals surface area contributed by atoms with E-state index in [2.05, 4.69) is 10.1 Å². The van der Waals surface area contributed by atoms with Gasteiger partial charge in [-0.2, -0.15) is 0 Å². The number of hydrogen-bond acceptors (Lipinski definition) is 4. The molecule has 2 bridgehead atoms. The zero-order chi connectivity index (χ0) is 9.26. The van der Waals surface area contributed by atoms with E-state index in [1.165, 1.54) is 20.0 Å². The molecule has 0 radical (unpaired) electrons. The molecule has 0 spiro atoms. The van der Waals surface area contributed by atoms with Gasteiger partial charge in [0.25, 0.3) is 0 Å². The Balaban J connectivity index is 1.85. The van der Waals surface area contributed by atoms with Crippen LogP contribution in [0.2, 0.25) is 0 Å². The summed E-state index contributed by atoms with van der Waals surface area (Å²) in [6.07, 6.45) is 3.81. The van der Waals surface area contributed by atoms with Gasteiger partial charge in [0.15, 0.2) is 0 Å². The molecule has 0 amide bonds. The summed E-state index contributed by atoms with van der Waals surface area (Å²) in [7, 11) is 1.35. The van der Waals surface area contributed by atoms with E-state index in [-0.39, 0.29) is 6.10 Å². The Morgan fingerprint density at radius 3 is 2.46 bits per heavy atom. The second-order valence-electron chi connectivity index (χ2n) is 3.80. The fourth-order valence-corrected chi connectivity index (χ4v) is 2.29. The van der Waals surface area contributed by atoms with E-state index in [1.807, 2.05) is 0 Å². The number of piperidine rings is 1. The maximum atomic E-state index is 10.8. The molecule has 0 aromatic heterocycles. The summed E-state index contributed by atoms with van der Waals surface area (Å²) < 4.78 is 9.58. The van der Waals surface area contributed by atoms with Crippen LogP contribution in [0.15, 0.2) is 0 Å². The normalized spacial score (nSPS) is 37.2. The van der Waals surface area contributed by atoms with E-state index in [1.54, 1.807) is 0 Å². The number of methoxy groups -OCH3 is 1. The smallest absolute Gasteiger partial charge is 0.438 e. The van der Waals surface area contributed by atoms with Crippen molar-refractivity contribution in [2.24, 2.45) is 0 Å². The molecule has 2 aliphatic rings. The van der Waals surface area contributed by atoms with Crippen LogP contribution >= 0.6 is 0 Å². The summed E-state index contributed by atoms with van der Waals surface area (Å²) >= 11 is 0. The predicted octanol–water partition coefficient (Wildman–Crippen LogP) is 1.05. The van der Waals surface area contributed by atoms with E-state index < -0.39 is 6.16 Å². The highest BCUT2D eigenvalue weighted by molar-refractivity contribution is 5.59. The van der Waals surface area contributed by atoms with E-state index in [4.69, 9.17) is 4.74 Å². The Labute approximate surface area is 77.6 Å². The molecule has 13 heavy (non-hydrogen) atoms. The predicted molar refractivity (Wildman–Crippen MR) is 46.5 cm³/mol. The topological polar surface area (TPSA) is 47.6 Å². The number of carbonyl (C=O) groups is 1. The van der Waals surface area contributed by atoms with Crippen molar-refractivity contribution in [3.8, 4) is 0 Å². The first-order chi connectivity index (χ1) is 6.28. The summed E-state index contributed by atoms with van der Waals surface area (Å²) in [5.41, 5.74) is 0. The first-order valence-electron chi connectivity index (χ1n) is 4.78. The highest BCUT2D eigenvalue weighted by Gasteiger charge is 2.35. The van der Waals surface area contributed by atoms with Crippen molar-refractivity contribution in [3.05, 3.63) is 0 Å². The van der Waals surface area contributed by atoms with Crippen molar-refractivity contribution in [1.29, 1.82) is 0 Å². The molecule has 2 saturated heterocycles. The van der Waals surface area contributed by atoms with Crippen LogP contribution in [0.3, 0.4) is 0 Å². The Bertz CT molecular complexity index is 195. The molecular formula is C9H15NO3. The third kappa shape index (κ3) is 1.94. The molecule has 1 N–H and O–H groups in total. The summed E-state index contributed by atoms with van der Waals surface area (Å²) in [5, 5.41) is 3.48. The zero-order valence-electron chi connectivity index (χ0n) is 7.79. The second-order valence-corrected chi connectivity index (χ2v) is 3.80. The van der Waals surface area contributed by atoms with E-state index >= 15 is 0 Å². The first kappa shape index (κ1) is 8.81. The maximum Gasteiger partial charge on any atom is 0.508 e. The molecule has 0 aromatic rings. The van der Waals surface area contributed by atoms with Gasteiger partial charge in [0.05, 0.1) is 7.11 Å². The van der Waals surface area contributed by atoms with Gasteiger partial charge >= 0.3 is 6.16 Å². The van der Waals surface area contributed by atoms with Gasteiger partial charge in [0, 0.05) is 12.1 Å². The summed E-state index contributed by atoms with van der Waals surface area (Å²) in [5.74, 6) is 0. The largest absolute Gasteiger partial charge is 0.508 e. The quantitative estimate of drug-likeness (QED) is 0.620. The number of fused-ring (bicyclic) bond motifs is 2. The van der Waals surface area contributed by atoms with Crippen LogP contribution in [-0.2, 0) is 9.47 Å². The molecule has 0 saturated carbocycles. The van der Waals surface area contributed by atoms with Gasteiger partial charge in [-0.1, -0.05) is 0 Å². The molecule has 2 unspecified atom stereocenters. The van der Waals surface area contributed by atoms with Crippen LogP contribution in [0.25, 0.3) is 0 Å². The van der Waals surface area contributed by atoms with Crippen molar-refractivity contribution >= 4 is 6.16 Å². The average Bonchev–Trinajstić information content (AvgIpc) is 2.46. The lowest BCUT2D eigenvalue weighted by molar-refractivity contribution is 0.0182. The average molecular weight is 185 g/mol. The van der Waals surface area contributed by atoms with Crippen molar-refractivity contribution in [2.75, 3.05) is 7.11 Å². The maximum absolute atomic E-state index is 10.8. The molecule has 2 rings (SSSR count). The van der Waals surface area contributed by atoms with Crippen LogP contribution in [0.5, 0.6) is 0 Å². The number of ether oxygens (including phenoxy) is 2. The van der Waals surface area contributed by atoms with Crippen LogP contribution in [-0.4, -0.2) is 31.5 Å². The fourth-order valence-electron chi connectivity index (χ4n) is 2.29. The lowest BCUT2D eigenvalue weighted by atomic mass is 10.0. The van der Waals surface area contributed by atoms with Crippen molar-refractivity contribution in [3.63, 3.8) is 0 Å². The molecular weight excluding hydrogens is 170 g/mol. The molecule has 2 aliphatic heterocycles. The minimum Gasteiger partial charge on any atom is -0.438 e. The van der Waals surface area contributed by atoms with Crippen LogP contribution in [0.4, 0.5) is 4.79 Å². The number of hydrogen-bond donors (Lipinski definition) is 1. The summed E-state index contributed by atoms with van der Waals surface area (Å²) in [4.78, 5) is 10.8. The van der Waals surface area contributed by atoms with Crippen molar-refractivity contribution < 1.29 is 14.3 Å². The number of nitrogens with one attached hydrogen (secondary N) is 1. The van der Waals surface area contributed by atoms with E-state index in [9.17, 15) is 4.79 Å². The monoisotopic (exact) mass is 185 g/mol. The van der Waals surface area contributed by atoms with Gasteiger partial charge in [-0.25, -0.2) is 4.79 Å². The fraction of sp³-hybridized carbons (Fsp3) is 0.889. The molecule has 4 heteroatoms. The highest BCUT2D eigenvalue weighted by atomic mass is 16.7. The molecule has 0 aromatic carbocycles. The molecule has 4 nitrogen and oxygen atoms in total. The van der Waals surface area contributed by atoms with Gasteiger partial charge in [0.2, 0.25) is 0 Å². The van der Waals surface area contributed by atoms with Crippen molar-refractivity contribution in [2.45, 2.75) is 43.9 Å². The highest BCUT2D eigenvalue weighted by Crippen LogP contribution is 2.28.